The Morgan fingerprint density at radius 2 is 2.32 bits per heavy atom. The molecule has 1 aliphatic heterocycles. The second-order valence-corrected chi connectivity index (χ2v) is 8.24. The summed E-state index contributed by atoms with van der Waals surface area (Å²) in [6, 6.07) is 4.13. The van der Waals surface area contributed by atoms with Crippen molar-refractivity contribution in [1.82, 2.24) is 20.1 Å². The van der Waals surface area contributed by atoms with Gasteiger partial charge in [0, 0.05) is 35.8 Å². The van der Waals surface area contributed by atoms with E-state index in [-0.39, 0.29) is 11.9 Å². The van der Waals surface area contributed by atoms with Crippen LogP contribution in [-0.4, -0.2) is 32.5 Å². The maximum atomic E-state index is 12.6. The van der Waals surface area contributed by atoms with Crippen molar-refractivity contribution in [3.05, 3.63) is 39.5 Å². The summed E-state index contributed by atoms with van der Waals surface area (Å²) in [6.45, 7) is 2.84. The van der Waals surface area contributed by atoms with Crippen LogP contribution in [0.4, 0.5) is 0 Å². The molecule has 1 aliphatic rings. The zero-order valence-electron chi connectivity index (χ0n) is 13.8. The van der Waals surface area contributed by atoms with Crippen molar-refractivity contribution in [2.45, 2.75) is 38.6 Å². The number of carbonyl (C=O) groups is 1. The highest BCUT2D eigenvalue weighted by molar-refractivity contribution is 7.15. The first-order valence-corrected chi connectivity index (χ1v) is 9.98. The van der Waals surface area contributed by atoms with Crippen LogP contribution < -0.4 is 0 Å². The molecular formula is C17H18N4O2S2. The van der Waals surface area contributed by atoms with Crippen molar-refractivity contribution in [2.75, 3.05) is 6.54 Å². The largest absolute Gasteiger partial charge is 0.420 e. The van der Waals surface area contributed by atoms with Crippen molar-refractivity contribution in [1.29, 1.82) is 0 Å². The Kier molecular flexibility index (Phi) is 4.63. The van der Waals surface area contributed by atoms with E-state index in [9.17, 15) is 4.79 Å². The fraction of sp³-hybridized carbons (Fsp3) is 0.412. The van der Waals surface area contributed by atoms with Crippen molar-refractivity contribution in [3.8, 4) is 10.8 Å². The first kappa shape index (κ1) is 16.4. The van der Waals surface area contributed by atoms with Gasteiger partial charge in [0.1, 0.15) is 5.01 Å². The minimum absolute atomic E-state index is 0.125. The fourth-order valence-electron chi connectivity index (χ4n) is 3.08. The van der Waals surface area contributed by atoms with Gasteiger partial charge in [0.25, 0.3) is 5.89 Å². The predicted molar refractivity (Wildman–Crippen MR) is 96.5 cm³/mol. The third kappa shape index (κ3) is 3.50. The molecule has 0 radical (unpaired) electrons. The Hall–Kier alpha value is -2.06. The molecule has 0 N–H and O–H groups in total. The van der Waals surface area contributed by atoms with Crippen LogP contribution >= 0.6 is 22.7 Å². The van der Waals surface area contributed by atoms with Gasteiger partial charge in [0.2, 0.25) is 11.8 Å². The Balaban J connectivity index is 1.38. The molecule has 4 heterocycles. The number of likely N-dealkylation sites (tertiary alicyclic amines) is 1. The molecule has 25 heavy (non-hydrogen) atoms. The van der Waals surface area contributed by atoms with Crippen molar-refractivity contribution in [3.63, 3.8) is 0 Å². The molecule has 3 aromatic rings. The number of aryl methyl sites for hydroxylation is 2. The van der Waals surface area contributed by atoms with Gasteiger partial charge >= 0.3 is 0 Å². The SMILES string of the molecule is Cc1ccc(-c2nnc(CCC(=O)N3CCCC3c3nccs3)o2)s1. The molecule has 0 aromatic carbocycles. The lowest BCUT2D eigenvalue weighted by Crippen LogP contribution is -2.30. The molecule has 1 saturated heterocycles. The highest BCUT2D eigenvalue weighted by atomic mass is 32.1. The average Bonchev–Trinajstić information content (AvgIpc) is 3.38. The van der Waals surface area contributed by atoms with Crippen LogP contribution in [0.15, 0.2) is 28.1 Å². The number of amides is 1. The number of carbonyl (C=O) groups excluding carboxylic acids is 1. The number of aromatic nitrogens is 3. The van der Waals surface area contributed by atoms with Gasteiger partial charge in [0.15, 0.2) is 0 Å². The molecule has 1 amide bonds. The monoisotopic (exact) mass is 374 g/mol. The van der Waals surface area contributed by atoms with Crippen molar-refractivity contribution >= 4 is 28.6 Å². The average molecular weight is 374 g/mol. The third-order valence-corrected chi connectivity index (χ3v) is 6.15. The summed E-state index contributed by atoms with van der Waals surface area (Å²) in [5.74, 6) is 1.17. The Morgan fingerprint density at radius 3 is 3.08 bits per heavy atom. The zero-order chi connectivity index (χ0) is 17.2. The summed E-state index contributed by atoms with van der Waals surface area (Å²) in [5, 5.41) is 11.2. The maximum Gasteiger partial charge on any atom is 0.257 e. The molecule has 0 saturated carbocycles. The molecule has 3 aromatic heterocycles. The first-order chi connectivity index (χ1) is 12.2. The van der Waals surface area contributed by atoms with Gasteiger partial charge < -0.3 is 9.32 Å². The predicted octanol–water partition coefficient (Wildman–Crippen LogP) is 3.86. The Labute approximate surface area is 153 Å². The molecule has 0 spiro atoms. The van der Waals surface area contributed by atoms with Crippen molar-refractivity contribution in [2.24, 2.45) is 0 Å². The van der Waals surface area contributed by atoms with Gasteiger partial charge in [-0.15, -0.1) is 32.9 Å². The quantitative estimate of drug-likeness (QED) is 0.678. The molecule has 0 aliphatic carbocycles. The zero-order valence-corrected chi connectivity index (χ0v) is 15.5. The lowest BCUT2D eigenvalue weighted by Gasteiger charge is -2.22. The van der Waals surface area contributed by atoms with Gasteiger partial charge in [-0.1, -0.05) is 0 Å². The van der Waals surface area contributed by atoms with Gasteiger partial charge in [-0.2, -0.15) is 0 Å². The fourth-order valence-corrected chi connectivity index (χ4v) is 4.66. The second kappa shape index (κ2) is 7.05. The number of rotatable bonds is 5. The maximum absolute atomic E-state index is 12.6. The highest BCUT2D eigenvalue weighted by Gasteiger charge is 2.31. The Bertz CT molecular complexity index is 856. The van der Waals surface area contributed by atoms with Crippen LogP contribution in [0.3, 0.4) is 0 Å². The van der Waals surface area contributed by atoms with Crippen LogP contribution in [0.2, 0.25) is 0 Å². The summed E-state index contributed by atoms with van der Waals surface area (Å²) in [6.07, 6.45) is 4.66. The van der Waals surface area contributed by atoms with Gasteiger partial charge in [0.05, 0.1) is 10.9 Å². The summed E-state index contributed by atoms with van der Waals surface area (Å²) in [5.41, 5.74) is 0. The van der Waals surface area contributed by atoms with Crippen LogP contribution in [0.1, 0.15) is 41.1 Å². The number of thiazole rings is 1. The molecule has 4 rings (SSSR count). The molecule has 1 unspecified atom stereocenters. The van der Waals surface area contributed by atoms with Gasteiger partial charge in [-0.05, 0) is 31.9 Å². The highest BCUT2D eigenvalue weighted by Crippen LogP contribution is 2.33. The smallest absolute Gasteiger partial charge is 0.257 e. The van der Waals surface area contributed by atoms with E-state index in [0.29, 0.717) is 24.6 Å². The topological polar surface area (TPSA) is 72.1 Å². The van der Waals surface area contributed by atoms with E-state index >= 15 is 0 Å². The van der Waals surface area contributed by atoms with E-state index < -0.39 is 0 Å². The normalized spacial score (nSPS) is 17.3. The minimum atomic E-state index is 0.125. The summed E-state index contributed by atoms with van der Waals surface area (Å²) in [7, 11) is 0. The van der Waals surface area contributed by atoms with Crippen molar-refractivity contribution < 1.29 is 9.21 Å². The van der Waals surface area contributed by atoms with E-state index in [0.717, 1.165) is 29.3 Å². The number of hydrogen-bond donors (Lipinski definition) is 0. The summed E-state index contributed by atoms with van der Waals surface area (Å²) < 4.78 is 5.70. The molecule has 6 nitrogen and oxygen atoms in total. The minimum Gasteiger partial charge on any atom is -0.420 e. The van der Waals surface area contributed by atoms with Crippen LogP contribution in [0.25, 0.3) is 10.8 Å². The third-order valence-electron chi connectivity index (χ3n) is 4.28. The lowest BCUT2D eigenvalue weighted by atomic mass is 10.2. The number of nitrogens with zero attached hydrogens (tertiary/aromatic N) is 4. The van der Waals surface area contributed by atoms with Crippen LogP contribution in [-0.2, 0) is 11.2 Å². The number of hydrogen-bond acceptors (Lipinski definition) is 7. The van der Waals surface area contributed by atoms with E-state index in [4.69, 9.17) is 4.42 Å². The summed E-state index contributed by atoms with van der Waals surface area (Å²) in [4.78, 5) is 21.1. The van der Waals surface area contributed by atoms with Crippen LogP contribution in [0, 0.1) is 6.92 Å². The Morgan fingerprint density at radius 1 is 1.40 bits per heavy atom. The molecule has 130 valence electrons. The van der Waals surface area contributed by atoms with E-state index in [2.05, 4.69) is 15.2 Å². The van der Waals surface area contributed by atoms with Crippen LogP contribution in [0.5, 0.6) is 0 Å². The number of thiophene rings is 1. The van der Waals surface area contributed by atoms with E-state index in [1.807, 2.05) is 29.3 Å². The standard InChI is InChI=1S/C17H18N4O2S2/c1-11-4-5-13(25-11)16-20-19-14(23-16)6-7-15(22)21-9-2-3-12(21)17-18-8-10-24-17/h4-5,8,10,12H,2-3,6-7,9H2,1H3. The lowest BCUT2D eigenvalue weighted by molar-refractivity contribution is -0.132. The molecule has 8 heteroatoms. The van der Waals surface area contributed by atoms with Gasteiger partial charge in [-0.3, -0.25) is 4.79 Å². The second-order valence-electron chi connectivity index (χ2n) is 6.03. The molecular weight excluding hydrogens is 356 g/mol. The first-order valence-electron chi connectivity index (χ1n) is 8.29. The van der Waals surface area contributed by atoms with E-state index in [1.165, 1.54) is 4.88 Å². The summed E-state index contributed by atoms with van der Waals surface area (Å²) >= 11 is 3.23. The van der Waals surface area contributed by atoms with E-state index in [1.54, 1.807) is 28.9 Å². The molecule has 0 bridgehead atoms. The molecule has 1 fully saturated rings. The van der Waals surface area contributed by atoms with Gasteiger partial charge in [-0.25, -0.2) is 4.98 Å². The molecule has 1 atom stereocenters.